The van der Waals surface area contributed by atoms with Gasteiger partial charge in [-0.25, -0.2) is 15.0 Å². The molecule has 3 aromatic heterocycles. The second-order valence-electron chi connectivity index (χ2n) is 12.5. The van der Waals surface area contributed by atoms with E-state index in [1.165, 1.54) is 17.7 Å². The Labute approximate surface area is 284 Å². The normalized spacial score (nSPS) is 14.9. The molecule has 2 fully saturated rings. The maximum Gasteiger partial charge on any atom is 0.253 e. The quantitative estimate of drug-likeness (QED) is 0.194. The largest absolute Gasteiger partial charge is 0.507 e. The predicted octanol–water partition coefficient (Wildman–Crippen LogP) is 6.23. The number of likely N-dealkylation sites (tertiary alicyclic amines) is 2. The molecule has 0 radical (unpaired) electrons. The Morgan fingerprint density at radius 3 is 2.37 bits per heavy atom. The SMILES string of the molecule is CC.Nc1ncccc1-c1nc2ccc(-c3ccccc3)nc2n1-c1ccc(CN2CC3(C2)CN(C(=O)c2ccc(O)c(C=O)c2)C3)cc1. The second kappa shape index (κ2) is 13.0. The molecule has 0 atom stereocenters. The van der Waals surface area contributed by atoms with Crippen molar-refractivity contribution in [2.75, 3.05) is 31.9 Å². The first kappa shape index (κ1) is 31.7. The van der Waals surface area contributed by atoms with Gasteiger partial charge in [0.2, 0.25) is 0 Å². The number of nitrogens with two attached hydrogens (primary N) is 1. The second-order valence-corrected chi connectivity index (χ2v) is 12.5. The van der Waals surface area contributed by atoms with Crippen molar-refractivity contribution in [3.63, 3.8) is 0 Å². The van der Waals surface area contributed by atoms with Crippen LogP contribution in [0, 0.1) is 5.41 Å². The van der Waals surface area contributed by atoms with E-state index in [-0.39, 0.29) is 22.6 Å². The van der Waals surface area contributed by atoms with E-state index in [0.717, 1.165) is 53.3 Å². The highest BCUT2D eigenvalue weighted by Gasteiger charge is 2.52. The zero-order chi connectivity index (χ0) is 34.1. The summed E-state index contributed by atoms with van der Waals surface area (Å²) < 4.78 is 2.05. The topological polar surface area (TPSA) is 130 Å². The molecule has 0 saturated carbocycles. The Bertz CT molecular complexity index is 2150. The lowest BCUT2D eigenvalue weighted by atomic mass is 9.72. The van der Waals surface area contributed by atoms with Crippen LogP contribution in [0.3, 0.4) is 0 Å². The number of imidazole rings is 1. The van der Waals surface area contributed by atoms with E-state index in [9.17, 15) is 14.7 Å². The number of hydrogen-bond acceptors (Lipinski definition) is 8. The number of nitrogen functional groups attached to an aromatic ring is 1. The third-order valence-corrected chi connectivity index (χ3v) is 9.11. The highest BCUT2D eigenvalue weighted by molar-refractivity contribution is 5.97. The van der Waals surface area contributed by atoms with Gasteiger partial charge in [0.1, 0.15) is 17.1 Å². The molecule has 246 valence electrons. The molecule has 8 rings (SSSR count). The number of aldehydes is 1. The van der Waals surface area contributed by atoms with Gasteiger partial charge in [-0.05, 0) is 60.2 Å². The zero-order valence-electron chi connectivity index (χ0n) is 27.5. The number of phenolic OH excluding ortho intramolecular Hbond substituents is 1. The molecule has 6 aromatic rings. The molecule has 5 heterocycles. The van der Waals surface area contributed by atoms with Crippen molar-refractivity contribution in [1.82, 2.24) is 29.3 Å². The highest BCUT2D eigenvalue weighted by Crippen LogP contribution is 2.41. The zero-order valence-corrected chi connectivity index (χ0v) is 27.5. The van der Waals surface area contributed by atoms with Crippen LogP contribution in [-0.2, 0) is 6.54 Å². The Morgan fingerprint density at radius 2 is 1.65 bits per heavy atom. The Morgan fingerprint density at radius 1 is 0.898 bits per heavy atom. The van der Waals surface area contributed by atoms with Crippen molar-refractivity contribution in [1.29, 1.82) is 0 Å². The predicted molar refractivity (Wildman–Crippen MR) is 190 cm³/mol. The number of pyridine rings is 2. The van der Waals surface area contributed by atoms with Crippen LogP contribution in [0.4, 0.5) is 5.82 Å². The van der Waals surface area contributed by atoms with Gasteiger partial charge in [0.15, 0.2) is 17.8 Å². The average molecular weight is 652 g/mol. The fraction of sp³-hybridized carbons (Fsp3) is 0.205. The molecule has 2 saturated heterocycles. The van der Waals surface area contributed by atoms with Crippen LogP contribution in [-0.4, -0.2) is 72.8 Å². The molecule has 1 amide bonds. The third-order valence-electron chi connectivity index (χ3n) is 9.11. The number of aromatic hydroxyl groups is 1. The lowest BCUT2D eigenvalue weighted by molar-refractivity contribution is -0.102. The van der Waals surface area contributed by atoms with Crippen molar-refractivity contribution in [3.8, 4) is 34.1 Å². The van der Waals surface area contributed by atoms with Crippen molar-refractivity contribution in [3.05, 3.63) is 120 Å². The van der Waals surface area contributed by atoms with Gasteiger partial charge in [0, 0.05) is 61.1 Å². The van der Waals surface area contributed by atoms with Gasteiger partial charge in [-0.15, -0.1) is 0 Å². The number of carbonyl (C=O) groups excluding carboxylic acids is 2. The average Bonchev–Trinajstić information content (AvgIpc) is 3.49. The van der Waals surface area contributed by atoms with E-state index in [4.69, 9.17) is 15.7 Å². The van der Waals surface area contributed by atoms with E-state index in [1.807, 2.05) is 77.9 Å². The summed E-state index contributed by atoms with van der Waals surface area (Å²) in [6.45, 7) is 8.00. The summed E-state index contributed by atoms with van der Waals surface area (Å²) in [5.74, 6) is 0.850. The van der Waals surface area contributed by atoms with E-state index < -0.39 is 0 Å². The van der Waals surface area contributed by atoms with E-state index in [0.29, 0.717) is 36.6 Å². The fourth-order valence-electron chi connectivity index (χ4n) is 6.85. The molecule has 10 nitrogen and oxygen atoms in total. The van der Waals surface area contributed by atoms with Crippen LogP contribution in [0.1, 0.15) is 40.1 Å². The summed E-state index contributed by atoms with van der Waals surface area (Å²) in [4.78, 5) is 42.6. The number of hydrogen-bond donors (Lipinski definition) is 2. The summed E-state index contributed by atoms with van der Waals surface area (Å²) in [6, 6.07) is 30.7. The first-order chi connectivity index (χ1) is 23.9. The van der Waals surface area contributed by atoms with Crippen molar-refractivity contribution >= 4 is 29.2 Å². The summed E-state index contributed by atoms with van der Waals surface area (Å²) in [6.07, 6.45) is 2.23. The van der Waals surface area contributed by atoms with Crippen LogP contribution >= 0.6 is 0 Å². The van der Waals surface area contributed by atoms with Crippen LogP contribution in [0.25, 0.3) is 39.5 Å². The molecule has 0 aliphatic carbocycles. The first-order valence-electron chi connectivity index (χ1n) is 16.4. The number of aromatic nitrogens is 4. The molecule has 1 spiro atoms. The summed E-state index contributed by atoms with van der Waals surface area (Å²) in [5.41, 5.74) is 13.2. The van der Waals surface area contributed by atoms with Crippen molar-refractivity contribution in [2.45, 2.75) is 20.4 Å². The number of nitrogens with zero attached hydrogens (tertiary/aromatic N) is 6. The Balaban J connectivity index is 0.00000186. The summed E-state index contributed by atoms with van der Waals surface area (Å²) >= 11 is 0. The van der Waals surface area contributed by atoms with Gasteiger partial charge in [-0.3, -0.25) is 19.1 Å². The van der Waals surface area contributed by atoms with Crippen molar-refractivity contribution in [2.24, 2.45) is 5.41 Å². The van der Waals surface area contributed by atoms with Crippen LogP contribution in [0.15, 0.2) is 103 Å². The molecule has 2 aliphatic heterocycles. The van der Waals surface area contributed by atoms with Gasteiger partial charge >= 0.3 is 0 Å². The van der Waals surface area contributed by atoms with Crippen molar-refractivity contribution < 1.29 is 14.7 Å². The lowest BCUT2D eigenvalue weighted by Gasteiger charge is -2.60. The standard InChI is InChI=1S/C37H31N7O3.C2H6/c38-33-29(7-4-16-39-33)34-41-31-14-13-30(25-5-2-1-3-6-25)40-35(31)44(34)28-11-8-24(9-12-28)18-42-20-37(21-42)22-43(23-37)36(47)26-10-15-32(46)27(17-26)19-45;1-2/h1-17,19,46H,18,20-23H2,(H2,38,39);1-2H3. The van der Waals surface area contributed by atoms with Gasteiger partial charge in [0.25, 0.3) is 5.91 Å². The van der Waals surface area contributed by atoms with Gasteiger partial charge in [0.05, 0.1) is 16.8 Å². The van der Waals surface area contributed by atoms with E-state index >= 15 is 0 Å². The first-order valence-corrected chi connectivity index (χ1v) is 16.4. The number of benzene rings is 3. The van der Waals surface area contributed by atoms with Crippen LogP contribution < -0.4 is 5.73 Å². The number of rotatable bonds is 7. The molecule has 0 bridgehead atoms. The number of anilines is 1. The molecular formula is C39H37N7O3. The molecule has 0 unspecified atom stereocenters. The van der Waals surface area contributed by atoms with E-state index in [2.05, 4.69) is 34.1 Å². The maximum atomic E-state index is 12.9. The molecule has 10 heteroatoms. The highest BCUT2D eigenvalue weighted by atomic mass is 16.3. The number of fused-ring (bicyclic) bond motifs is 1. The molecular weight excluding hydrogens is 614 g/mol. The number of phenols is 1. The molecule has 3 N–H and O–H groups in total. The molecule has 49 heavy (non-hydrogen) atoms. The van der Waals surface area contributed by atoms with E-state index in [1.54, 1.807) is 12.3 Å². The van der Waals surface area contributed by atoms with Crippen LogP contribution in [0.5, 0.6) is 5.75 Å². The Hall–Kier alpha value is -5.87. The molecule has 2 aliphatic rings. The molecule has 3 aromatic carbocycles. The third kappa shape index (κ3) is 5.91. The lowest BCUT2D eigenvalue weighted by Crippen LogP contribution is -2.72. The summed E-state index contributed by atoms with van der Waals surface area (Å²) in [7, 11) is 0. The Kier molecular flexibility index (Phi) is 8.39. The van der Waals surface area contributed by atoms with Crippen LogP contribution in [0.2, 0.25) is 0 Å². The van der Waals surface area contributed by atoms with Gasteiger partial charge < -0.3 is 15.7 Å². The monoisotopic (exact) mass is 651 g/mol. The number of carbonyl (C=O) groups is 2. The van der Waals surface area contributed by atoms with Gasteiger partial charge in [-0.1, -0.05) is 56.3 Å². The maximum absolute atomic E-state index is 12.9. The minimum absolute atomic E-state index is 0.108. The minimum Gasteiger partial charge on any atom is -0.507 e. The minimum atomic E-state index is -0.120. The van der Waals surface area contributed by atoms with Gasteiger partial charge in [-0.2, -0.15) is 0 Å². The summed E-state index contributed by atoms with van der Waals surface area (Å²) in [5, 5.41) is 9.76. The number of amides is 1. The fourth-order valence-corrected chi connectivity index (χ4v) is 6.85. The smallest absolute Gasteiger partial charge is 0.253 e.